The van der Waals surface area contributed by atoms with E-state index in [4.69, 9.17) is 21.1 Å². The predicted molar refractivity (Wildman–Crippen MR) is 112 cm³/mol. The number of carbonyl (C=O) groups is 2. The number of benzene rings is 2. The van der Waals surface area contributed by atoms with Crippen LogP contribution in [-0.2, 0) is 20.7 Å². The molecule has 0 saturated carbocycles. The van der Waals surface area contributed by atoms with Gasteiger partial charge in [-0.2, -0.15) is 0 Å². The number of carbonyl (C=O) groups excluding carboxylic acids is 2. The van der Waals surface area contributed by atoms with Crippen molar-refractivity contribution < 1.29 is 19.1 Å². The van der Waals surface area contributed by atoms with Gasteiger partial charge in [-0.3, -0.25) is 9.59 Å². The highest BCUT2D eigenvalue weighted by molar-refractivity contribution is 6.31. The lowest BCUT2D eigenvalue weighted by molar-refractivity contribution is -0.118. The zero-order chi connectivity index (χ0) is 20.2. The number of aryl methyl sites for hydroxylation is 1. The summed E-state index contributed by atoms with van der Waals surface area (Å²) in [6.45, 7) is 2.69. The van der Waals surface area contributed by atoms with Crippen LogP contribution in [0.25, 0.3) is 0 Å². The Morgan fingerprint density at radius 3 is 2.83 bits per heavy atom. The Hall–Kier alpha value is -2.77. The molecule has 4 rings (SSSR count). The van der Waals surface area contributed by atoms with Crippen LogP contribution in [0.1, 0.15) is 12.0 Å². The lowest BCUT2D eigenvalue weighted by atomic mass is 10.0. The first-order chi connectivity index (χ1) is 14.1. The van der Waals surface area contributed by atoms with Gasteiger partial charge in [0.1, 0.15) is 5.75 Å². The van der Waals surface area contributed by atoms with E-state index in [1.807, 2.05) is 18.2 Å². The number of nitrogens with zero attached hydrogens (tertiary/aromatic N) is 1. The third-order valence-corrected chi connectivity index (χ3v) is 5.16. The molecule has 29 heavy (non-hydrogen) atoms. The minimum absolute atomic E-state index is 0.0168. The second kappa shape index (κ2) is 8.71. The van der Waals surface area contributed by atoms with Crippen LogP contribution in [0.5, 0.6) is 5.75 Å². The number of fused-ring (bicyclic) bond motifs is 1. The fourth-order valence-electron chi connectivity index (χ4n) is 3.47. The van der Waals surface area contributed by atoms with Crippen LogP contribution in [0.2, 0.25) is 5.02 Å². The Bertz CT molecular complexity index is 928. The van der Waals surface area contributed by atoms with Gasteiger partial charge in [-0.25, -0.2) is 0 Å². The molecule has 0 bridgehead atoms. The summed E-state index contributed by atoms with van der Waals surface area (Å²) in [6, 6.07) is 10.9. The number of hydrogen-bond donors (Lipinski definition) is 2. The molecule has 2 aromatic carbocycles. The van der Waals surface area contributed by atoms with Gasteiger partial charge < -0.3 is 25.0 Å². The van der Waals surface area contributed by atoms with Crippen molar-refractivity contribution in [3.8, 4) is 5.75 Å². The average molecular weight is 416 g/mol. The summed E-state index contributed by atoms with van der Waals surface area (Å²) in [5.74, 6) is 0.338. The Balaban J connectivity index is 1.40. The van der Waals surface area contributed by atoms with Gasteiger partial charge >= 0.3 is 0 Å². The summed E-state index contributed by atoms with van der Waals surface area (Å²) >= 11 is 6.13. The van der Waals surface area contributed by atoms with E-state index in [1.54, 1.807) is 18.2 Å². The SMILES string of the molecule is O=C1CCc2cc(OCC(=O)Nc3cc(Cl)ccc3N3CCOCC3)ccc2N1. The maximum Gasteiger partial charge on any atom is 0.262 e. The molecular weight excluding hydrogens is 394 g/mol. The maximum absolute atomic E-state index is 12.5. The van der Waals surface area contributed by atoms with Gasteiger partial charge in [-0.1, -0.05) is 11.6 Å². The first kappa shape index (κ1) is 19.5. The predicted octanol–water partition coefficient (Wildman–Crippen LogP) is 3.08. The monoisotopic (exact) mass is 415 g/mol. The summed E-state index contributed by atoms with van der Waals surface area (Å²) in [5, 5.41) is 6.28. The molecule has 0 unspecified atom stereocenters. The molecule has 0 aliphatic carbocycles. The molecule has 0 radical (unpaired) electrons. The second-order valence-electron chi connectivity index (χ2n) is 6.96. The lowest BCUT2D eigenvalue weighted by Crippen LogP contribution is -2.37. The fourth-order valence-corrected chi connectivity index (χ4v) is 3.65. The molecule has 8 heteroatoms. The number of ether oxygens (including phenoxy) is 2. The zero-order valence-corrected chi connectivity index (χ0v) is 16.6. The summed E-state index contributed by atoms with van der Waals surface area (Å²) < 4.78 is 11.1. The molecule has 7 nitrogen and oxygen atoms in total. The molecule has 2 aliphatic heterocycles. The molecule has 0 atom stereocenters. The number of anilines is 3. The van der Waals surface area contributed by atoms with Crippen molar-refractivity contribution in [1.82, 2.24) is 0 Å². The van der Waals surface area contributed by atoms with Crippen LogP contribution < -0.4 is 20.3 Å². The van der Waals surface area contributed by atoms with E-state index >= 15 is 0 Å². The second-order valence-corrected chi connectivity index (χ2v) is 7.40. The first-order valence-electron chi connectivity index (χ1n) is 9.56. The number of hydrogen-bond acceptors (Lipinski definition) is 5. The average Bonchev–Trinajstić information content (AvgIpc) is 2.73. The molecule has 2 amide bonds. The van der Waals surface area contributed by atoms with Crippen molar-refractivity contribution in [2.45, 2.75) is 12.8 Å². The van der Waals surface area contributed by atoms with Gasteiger partial charge in [0.05, 0.1) is 24.6 Å². The Labute approximate surface area is 173 Å². The molecule has 2 aliphatic rings. The van der Waals surface area contributed by atoms with Gasteiger partial charge in [0, 0.05) is 30.2 Å². The van der Waals surface area contributed by atoms with Gasteiger partial charge in [0.15, 0.2) is 6.61 Å². The standard InChI is InChI=1S/C21H22ClN3O4/c22-15-2-5-19(25-7-9-28-10-8-25)18(12-15)24-21(27)13-29-16-3-4-17-14(11-16)1-6-20(26)23-17/h2-5,11-12H,1,6-10,13H2,(H,23,26)(H,24,27). The normalized spacial score (nSPS) is 16.0. The van der Waals surface area contributed by atoms with Gasteiger partial charge in [-0.15, -0.1) is 0 Å². The van der Waals surface area contributed by atoms with Crippen LogP contribution in [0.3, 0.4) is 0 Å². The van der Waals surface area contributed by atoms with Gasteiger partial charge in [0.2, 0.25) is 5.91 Å². The molecular formula is C21H22ClN3O4. The van der Waals surface area contributed by atoms with E-state index in [0.717, 1.165) is 30.0 Å². The highest BCUT2D eigenvalue weighted by Crippen LogP contribution is 2.30. The number of nitrogens with one attached hydrogen (secondary N) is 2. The van der Waals surface area contributed by atoms with E-state index in [-0.39, 0.29) is 18.4 Å². The molecule has 0 spiro atoms. The van der Waals surface area contributed by atoms with Gasteiger partial charge in [0.25, 0.3) is 5.91 Å². The van der Waals surface area contributed by atoms with Crippen molar-refractivity contribution in [3.63, 3.8) is 0 Å². The summed E-state index contributed by atoms with van der Waals surface area (Å²) in [6.07, 6.45) is 1.12. The lowest BCUT2D eigenvalue weighted by Gasteiger charge is -2.30. The molecule has 152 valence electrons. The minimum atomic E-state index is -0.271. The highest BCUT2D eigenvalue weighted by atomic mass is 35.5. The third kappa shape index (κ3) is 4.81. The van der Waals surface area contributed by atoms with E-state index in [9.17, 15) is 9.59 Å². The maximum atomic E-state index is 12.5. The Morgan fingerprint density at radius 1 is 1.17 bits per heavy atom. The van der Waals surface area contributed by atoms with Crippen LogP contribution in [0.4, 0.5) is 17.1 Å². The van der Waals surface area contributed by atoms with E-state index in [2.05, 4.69) is 15.5 Å². The largest absolute Gasteiger partial charge is 0.484 e. The van der Waals surface area contributed by atoms with E-state index in [1.165, 1.54) is 0 Å². The Kier molecular flexibility index (Phi) is 5.87. The molecule has 1 fully saturated rings. The first-order valence-corrected chi connectivity index (χ1v) is 9.94. The summed E-state index contributed by atoms with van der Waals surface area (Å²) in [5.41, 5.74) is 3.37. The van der Waals surface area contributed by atoms with Crippen molar-refractivity contribution in [3.05, 3.63) is 47.0 Å². The van der Waals surface area contributed by atoms with Crippen molar-refractivity contribution >= 4 is 40.5 Å². The molecule has 1 saturated heterocycles. The van der Waals surface area contributed by atoms with Crippen molar-refractivity contribution in [2.24, 2.45) is 0 Å². The van der Waals surface area contributed by atoms with E-state index < -0.39 is 0 Å². The van der Waals surface area contributed by atoms with E-state index in [0.29, 0.717) is 42.5 Å². The summed E-state index contributed by atoms with van der Waals surface area (Å²) in [4.78, 5) is 26.1. The minimum Gasteiger partial charge on any atom is -0.484 e. The number of amides is 2. The number of morpholine rings is 1. The molecule has 2 N–H and O–H groups in total. The summed E-state index contributed by atoms with van der Waals surface area (Å²) in [7, 11) is 0. The van der Waals surface area contributed by atoms with Crippen LogP contribution in [-0.4, -0.2) is 44.7 Å². The van der Waals surface area contributed by atoms with Crippen LogP contribution >= 0.6 is 11.6 Å². The van der Waals surface area contributed by atoms with Gasteiger partial charge in [-0.05, 0) is 48.4 Å². The zero-order valence-electron chi connectivity index (χ0n) is 15.9. The third-order valence-electron chi connectivity index (χ3n) is 4.93. The topological polar surface area (TPSA) is 79.9 Å². The molecule has 0 aromatic heterocycles. The quantitative estimate of drug-likeness (QED) is 0.784. The molecule has 2 aromatic rings. The van der Waals surface area contributed by atoms with Crippen LogP contribution in [0, 0.1) is 0 Å². The van der Waals surface area contributed by atoms with Crippen molar-refractivity contribution in [1.29, 1.82) is 0 Å². The smallest absolute Gasteiger partial charge is 0.262 e. The van der Waals surface area contributed by atoms with Crippen LogP contribution in [0.15, 0.2) is 36.4 Å². The number of rotatable bonds is 5. The number of halogens is 1. The Morgan fingerprint density at radius 2 is 2.00 bits per heavy atom. The molecule has 2 heterocycles. The highest BCUT2D eigenvalue weighted by Gasteiger charge is 2.18. The van der Waals surface area contributed by atoms with Crippen molar-refractivity contribution in [2.75, 3.05) is 48.4 Å². The fraction of sp³-hybridized carbons (Fsp3) is 0.333.